The number of likely N-dealkylation sites (N-methyl/N-ethyl adjacent to an activating group) is 1. The fourth-order valence-corrected chi connectivity index (χ4v) is 3.55. The van der Waals surface area contributed by atoms with E-state index in [9.17, 15) is 19.5 Å². The number of rotatable bonds is 4. The van der Waals surface area contributed by atoms with Crippen LogP contribution in [0.15, 0.2) is 59.8 Å². The molecule has 2 heterocycles. The lowest BCUT2D eigenvalue weighted by Crippen LogP contribution is -2.45. The van der Waals surface area contributed by atoms with Gasteiger partial charge >= 0.3 is 6.03 Å². The molecule has 4 rings (SSSR count). The van der Waals surface area contributed by atoms with Crippen LogP contribution >= 0.6 is 0 Å². The van der Waals surface area contributed by atoms with Crippen LogP contribution in [0.2, 0.25) is 0 Å². The number of carbonyl (C=O) groups is 3. The Morgan fingerprint density at radius 3 is 2.53 bits per heavy atom. The van der Waals surface area contributed by atoms with E-state index in [2.05, 4.69) is 10.7 Å². The van der Waals surface area contributed by atoms with Crippen LogP contribution in [-0.2, 0) is 4.79 Å². The largest absolute Gasteiger partial charge is 0.507 e. The normalized spacial score (nSPS) is 18.3. The number of para-hydroxylation sites is 1. The number of phenolic OH excluding ortho intramolecular Hbond substituents is 1. The van der Waals surface area contributed by atoms with Gasteiger partial charge in [0.05, 0.1) is 36.5 Å². The number of hydrazine groups is 1. The Morgan fingerprint density at radius 1 is 1.17 bits per heavy atom. The fourth-order valence-electron chi connectivity index (χ4n) is 3.55. The first-order valence-corrected chi connectivity index (χ1v) is 9.22. The molecule has 0 aliphatic carbocycles. The van der Waals surface area contributed by atoms with Gasteiger partial charge in [-0.15, -0.1) is 0 Å². The Balaban J connectivity index is 1.62. The summed E-state index contributed by atoms with van der Waals surface area (Å²) in [5.41, 5.74) is 4.16. The van der Waals surface area contributed by atoms with Crippen LogP contribution in [0.5, 0.6) is 11.5 Å². The maximum atomic E-state index is 13.1. The summed E-state index contributed by atoms with van der Waals surface area (Å²) in [6.07, 6.45) is 0. The van der Waals surface area contributed by atoms with Gasteiger partial charge in [-0.25, -0.2) is 9.80 Å². The molecule has 0 spiro atoms. The molecule has 0 aromatic heterocycles. The van der Waals surface area contributed by atoms with Crippen molar-refractivity contribution in [2.24, 2.45) is 0 Å². The molecule has 30 heavy (non-hydrogen) atoms. The number of nitrogens with zero attached hydrogens (tertiary/aromatic N) is 2. The molecule has 4 amide bonds. The zero-order chi connectivity index (χ0) is 21.4. The molecular weight excluding hydrogens is 388 g/mol. The van der Waals surface area contributed by atoms with Crippen molar-refractivity contribution in [3.05, 3.63) is 70.9 Å². The standard InChI is InChI=1S/C21H20N4O5/c1-24-15-11-25(23-19(27)14-5-3-4-6-16(14)26)20(28)17(15)18(22-21(24)29)12-7-9-13(30-2)10-8-12/h3-10,18,26H,11H2,1-2H3,(H,22,29)(H,23,27)/t18-/m0/s1. The number of urea groups is 1. The van der Waals surface area contributed by atoms with Crippen molar-refractivity contribution in [3.63, 3.8) is 0 Å². The number of benzene rings is 2. The molecule has 154 valence electrons. The van der Waals surface area contributed by atoms with Crippen molar-refractivity contribution in [3.8, 4) is 11.5 Å². The number of nitrogens with one attached hydrogen (secondary N) is 2. The molecule has 3 N–H and O–H groups in total. The predicted octanol–water partition coefficient (Wildman–Crippen LogP) is 1.54. The van der Waals surface area contributed by atoms with Crippen molar-refractivity contribution < 1.29 is 24.2 Å². The topological polar surface area (TPSA) is 111 Å². The molecule has 9 heteroatoms. The van der Waals surface area contributed by atoms with Crippen molar-refractivity contribution in [2.45, 2.75) is 6.04 Å². The van der Waals surface area contributed by atoms with E-state index in [1.807, 2.05) is 0 Å². The molecule has 2 aromatic rings. The van der Waals surface area contributed by atoms with Crippen molar-refractivity contribution in [1.82, 2.24) is 20.7 Å². The number of phenols is 1. The molecule has 2 aromatic carbocycles. The van der Waals surface area contributed by atoms with E-state index < -0.39 is 17.9 Å². The number of hydrogen-bond acceptors (Lipinski definition) is 5. The van der Waals surface area contributed by atoms with Crippen LogP contribution < -0.4 is 15.5 Å². The van der Waals surface area contributed by atoms with Crippen LogP contribution in [0.25, 0.3) is 0 Å². The summed E-state index contributed by atoms with van der Waals surface area (Å²) in [7, 11) is 3.12. The number of ether oxygens (including phenoxy) is 1. The quantitative estimate of drug-likeness (QED) is 0.711. The van der Waals surface area contributed by atoms with Crippen molar-refractivity contribution in [1.29, 1.82) is 0 Å². The minimum atomic E-state index is -0.658. The number of carbonyl (C=O) groups excluding carboxylic acids is 3. The Labute approximate surface area is 172 Å². The first-order chi connectivity index (χ1) is 14.4. The maximum absolute atomic E-state index is 13.1. The van der Waals surface area contributed by atoms with Gasteiger partial charge in [0.1, 0.15) is 11.5 Å². The number of methoxy groups -OCH3 is 1. The summed E-state index contributed by atoms with van der Waals surface area (Å²) in [6.45, 7) is 0.0318. The SMILES string of the molecule is COc1ccc([C@@H]2NC(=O)N(C)C3=C2C(=O)N(NC(=O)c2ccccc2O)C3)cc1. The lowest BCUT2D eigenvalue weighted by Gasteiger charge is -2.31. The minimum absolute atomic E-state index is 0.0318. The fraction of sp³-hybridized carbons (Fsp3) is 0.190. The predicted molar refractivity (Wildman–Crippen MR) is 106 cm³/mol. The molecule has 0 saturated heterocycles. The molecule has 9 nitrogen and oxygen atoms in total. The summed E-state index contributed by atoms with van der Waals surface area (Å²) in [4.78, 5) is 39.5. The Bertz CT molecular complexity index is 1060. The zero-order valence-corrected chi connectivity index (χ0v) is 16.4. The van der Waals surface area contributed by atoms with Gasteiger partial charge in [-0.05, 0) is 29.8 Å². The third kappa shape index (κ3) is 3.20. The molecule has 0 unspecified atom stereocenters. The highest BCUT2D eigenvalue weighted by molar-refractivity contribution is 6.04. The van der Waals surface area contributed by atoms with Gasteiger partial charge in [0, 0.05) is 7.05 Å². The molecule has 1 atom stereocenters. The molecular formula is C21H20N4O5. The zero-order valence-electron chi connectivity index (χ0n) is 16.4. The Morgan fingerprint density at radius 2 is 1.87 bits per heavy atom. The van der Waals surface area contributed by atoms with Gasteiger partial charge in [-0.3, -0.25) is 19.9 Å². The first kappa shape index (κ1) is 19.3. The van der Waals surface area contributed by atoms with Gasteiger partial charge in [0.2, 0.25) is 0 Å². The molecule has 2 aliphatic rings. The summed E-state index contributed by atoms with van der Waals surface area (Å²) in [6, 6.07) is 12.1. The number of amides is 4. The maximum Gasteiger partial charge on any atom is 0.322 e. The van der Waals surface area contributed by atoms with Gasteiger partial charge in [0.25, 0.3) is 11.8 Å². The monoisotopic (exact) mass is 408 g/mol. The van der Waals surface area contributed by atoms with Crippen LogP contribution in [0, 0.1) is 0 Å². The summed E-state index contributed by atoms with van der Waals surface area (Å²) >= 11 is 0. The number of hydrogen-bond donors (Lipinski definition) is 3. The van der Waals surface area contributed by atoms with Crippen LogP contribution in [-0.4, -0.2) is 53.6 Å². The van der Waals surface area contributed by atoms with Crippen LogP contribution in [0.4, 0.5) is 4.79 Å². The van der Waals surface area contributed by atoms with Gasteiger partial charge in [-0.2, -0.15) is 0 Å². The highest BCUT2D eigenvalue weighted by Gasteiger charge is 2.43. The van der Waals surface area contributed by atoms with Gasteiger partial charge in [0.15, 0.2) is 0 Å². The second kappa shape index (κ2) is 7.43. The molecule has 0 bridgehead atoms. The van der Waals surface area contributed by atoms with E-state index >= 15 is 0 Å². The van der Waals surface area contributed by atoms with Crippen LogP contribution in [0.1, 0.15) is 22.0 Å². The third-order valence-electron chi connectivity index (χ3n) is 5.19. The van der Waals surface area contributed by atoms with Crippen LogP contribution in [0.3, 0.4) is 0 Å². The van der Waals surface area contributed by atoms with E-state index in [1.165, 1.54) is 17.0 Å². The van der Waals surface area contributed by atoms with E-state index in [-0.39, 0.29) is 23.9 Å². The van der Waals surface area contributed by atoms with E-state index in [1.54, 1.807) is 50.6 Å². The second-order valence-electron chi connectivity index (χ2n) is 6.92. The Hall–Kier alpha value is -4.01. The second-order valence-corrected chi connectivity index (χ2v) is 6.92. The molecule has 0 saturated carbocycles. The Kier molecular flexibility index (Phi) is 4.78. The van der Waals surface area contributed by atoms with E-state index in [4.69, 9.17) is 4.74 Å². The average Bonchev–Trinajstić information content (AvgIpc) is 3.07. The smallest absolute Gasteiger partial charge is 0.322 e. The highest BCUT2D eigenvalue weighted by Crippen LogP contribution is 2.35. The van der Waals surface area contributed by atoms with E-state index in [0.29, 0.717) is 22.6 Å². The molecule has 2 aliphatic heterocycles. The van der Waals surface area contributed by atoms with Gasteiger partial charge in [-0.1, -0.05) is 24.3 Å². The lowest BCUT2D eigenvalue weighted by atomic mass is 9.96. The van der Waals surface area contributed by atoms with Crippen molar-refractivity contribution >= 4 is 17.8 Å². The minimum Gasteiger partial charge on any atom is -0.507 e. The highest BCUT2D eigenvalue weighted by atomic mass is 16.5. The summed E-state index contributed by atoms with van der Waals surface area (Å²) < 4.78 is 5.16. The summed E-state index contributed by atoms with van der Waals surface area (Å²) in [5, 5.41) is 13.9. The molecule has 0 radical (unpaired) electrons. The summed E-state index contributed by atoms with van der Waals surface area (Å²) in [5.74, 6) is -0.586. The first-order valence-electron chi connectivity index (χ1n) is 9.22. The number of aromatic hydroxyl groups is 1. The average molecular weight is 408 g/mol. The van der Waals surface area contributed by atoms with E-state index in [0.717, 1.165) is 5.01 Å². The third-order valence-corrected chi connectivity index (χ3v) is 5.19. The van der Waals surface area contributed by atoms with Gasteiger partial charge < -0.3 is 15.2 Å². The van der Waals surface area contributed by atoms with Crippen molar-refractivity contribution in [2.75, 3.05) is 20.7 Å². The molecule has 0 fully saturated rings. The lowest BCUT2D eigenvalue weighted by molar-refractivity contribution is -0.127.